The highest BCUT2D eigenvalue weighted by Crippen LogP contribution is 2.35. The van der Waals surface area contributed by atoms with Gasteiger partial charge < -0.3 is 10.5 Å². The second-order valence-electron chi connectivity index (χ2n) is 5.67. The number of hydrogen-bond donors (Lipinski definition) is 1. The van der Waals surface area contributed by atoms with E-state index < -0.39 is 0 Å². The van der Waals surface area contributed by atoms with Crippen LogP contribution in [0.15, 0.2) is 18.2 Å². The number of nitrogens with two attached hydrogens (primary N) is 1. The van der Waals surface area contributed by atoms with Gasteiger partial charge in [0.2, 0.25) is 0 Å². The van der Waals surface area contributed by atoms with Crippen molar-refractivity contribution >= 4 is 0 Å². The van der Waals surface area contributed by atoms with E-state index in [1.807, 2.05) is 6.07 Å². The maximum absolute atomic E-state index is 14.0. The van der Waals surface area contributed by atoms with Crippen molar-refractivity contribution < 1.29 is 9.13 Å². The van der Waals surface area contributed by atoms with Crippen molar-refractivity contribution in [2.75, 3.05) is 20.3 Å². The summed E-state index contributed by atoms with van der Waals surface area (Å²) in [5, 5.41) is 0. The Hall–Kier alpha value is -0.970. The third-order valence-corrected chi connectivity index (χ3v) is 4.18. The molecule has 1 aromatic carbocycles. The lowest BCUT2D eigenvalue weighted by atomic mass is 10.1. The maximum atomic E-state index is 14.0. The normalized spacial score (nSPS) is 16.6. The molecule has 1 unspecified atom stereocenters. The Bertz CT molecular complexity index is 434. The predicted octanol–water partition coefficient (Wildman–Crippen LogP) is 2.53. The van der Waals surface area contributed by atoms with Crippen LogP contribution in [0.3, 0.4) is 0 Å². The first kappa shape index (κ1) is 15.4. The van der Waals surface area contributed by atoms with Crippen molar-refractivity contribution in [2.45, 2.75) is 38.9 Å². The first-order valence-corrected chi connectivity index (χ1v) is 7.36. The van der Waals surface area contributed by atoms with E-state index in [9.17, 15) is 4.39 Å². The summed E-state index contributed by atoms with van der Waals surface area (Å²) >= 11 is 0. The average Bonchev–Trinajstić information content (AvgIpc) is 3.29. The minimum absolute atomic E-state index is 0.146. The first-order valence-electron chi connectivity index (χ1n) is 7.36. The number of benzene rings is 1. The highest BCUT2D eigenvalue weighted by Gasteiger charge is 2.32. The summed E-state index contributed by atoms with van der Waals surface area (Å²) < 4.78 is 19.1. The summed E-state index contributed by atoms with van der Waals surface area (Å²) in [6.07, 6.45) is 2.58. The molecule has 2 rings (SSSR count). The summed E-state index contributed by atoms with van der Waals surface area (Å²) in [4.78, 5) is 2.32. The van der Waals surface area contributed by atoms with Crippen LogP contribution in [0.5, 0.6) is 0 Å². The van der Waals surface area contributed by atoms with E-state index in [1.165, 1.54) is 18.9 Å². The highest BCUT2D eigenvalue weighted by molar-refractivity contribution is 5.25. The number of hydrogen-bond acceptors (Lipinski definition) is 3. The smallest absolute Gasteiger partial charge is 0.127 e. The third kappa shape index (κ3) is 4.01. The molecule has 1 aromatic rings. The van der Waals surface area contributed by atoms with Gasteiger partial charge in [0.05, 0.1) is 6.61 Å². The molecule has 1 fully saturated rings. The molecule has 1 aliphatic rings. The number of rotatable bonds is 8. The molecule has 0 radical (unpaired) electrons. The minimum Gasteiger partial charge on any atom is -0.383 e. The molecule has 112 valence electrons. The van der Waals surface area contributed by atoms with Crippen LogP contribution in [0.25, 0.3) is 0 Å². The van der Waals surface area contributed by atoms with Crippen molar-refractivity contribution in [1.29, 1.82) is 0 Å². The van der Waals surface area contributed by atoms with E-state index >= 15 is 0 Å². The topological polar surface area (TPSA) is 38.5 Å². The molecule has 4 heteroatoms. The average molecular weight is 280 g/mol. The zero-order valence-electron chi connectivity index (χ0n) is 12.4. The van der Waals surface area contributed by atoms with Gasteiger partial charge in [0.25, 0.3) is 0 Å². The first-order chi connectivity index (χ1) is 9.65. The van der Waals surface area contributed by atoms with Crippen molar-refractivity contribution in [2.24, 2.45) is 11.7 Å². The molecule has 0 aromatic heterocycles. The van der Waals surface area contributed by atoms with Gasteiger partial charge >= 0.3 is 0 Å². The Morgan fingerprint density at radius 3 is 2.80 bits per heavy atom. The van der Waals surface area contributed by atoms with E-state index in [-0.39, 0.29) is 5.82 Å². The molecule has 0 spiro atoms. The van der Waals surface area contributed by atoms with E-state index in [2.05, 4.69) is 11.8 Å². The zero-order chi connectivity index (χ0) is 14.5. The van der Waals surface area contributed by atoms with Gasteiger partial charge in [-0.2, -0.15) is 0 Å². The van der Waals surface area contributed by atoms with Crippen LogP contribution in [0.1, 0.15) is 30.9 Å². The van der Waals surface area contributed by atoms with E-state index in [4.69, 9.17) is 10.5 Å². The molecule has 1 atom stereocenters. The van der Waals surface area contributed by atoms with Crippen molar-refractivity contribution in [3.05, 3.63) is 35.1 Å². The highest BCUT2D eigenvalue weighted by atomic mass is 19.1. The van der Waals surface area contributed by atoms with Crippen LogP contribution < -0.4 is 5.73 Å². The van der Waals surface area contributed by atoms with Crippen LogP contribution in [-0.4, -0.2) is 31.2 Å². The van der Waals surface area contributed by atoms with Crippen molar-refractivity contribution in [1.82, 2.24) is 4.90 Å². The monoisotopic (exact) mass is 280 g/mol. The van der Waals surface area contributed by atoms with Crippen molar-refractivity contribution in [3.8, 4) is 0 Å². The summed E-state index contributed by atoms with van der Waals surface area (Å²) in [5.74, 6) is 0.611. The number of nitrogens with zero attached hydrogens (tertiary/aromatic N) is 1. The predicted molar refractivity (Wildman–Crippen MR) is 78.8 cm³/mol. The molecule has 20 heavy (non-hydrogen) atoms. The minimum atomic E-state index is -0.146. The molecule has 0 aliphatic heterocycles. The van der Waals surface area contributed by atoms with Gasteiger partial charge in [-0.3, -0.25) is 4.90 Å². The Morgan fingerprint density at radius 2 is 2.20 bits per heavy atom. The van der Waals surface area contributed by atoms with Gasteiger partial charge in [0.15, 0.2) is 0 Å². The number of halogens is 1. The molecule has 0 saturated heterocycles. The van der Waals surface area contributed by atoms with Crippen LogP contribution >= 0.6 is 0 Å². The Balaban J connectivity index is 2.09. The Labute approximate surface area is 120 Å². The van der Waals surface area contributed by atoms with Gasteiger partial charge in [0.1, 0.15) is 5.82 Å². The lowest BCUT2D eigenvalue weighted by Crippen LogP contribution is -2.37. The molecule has 0 heterocycles. The van der Waals surface area contributed by atoms with Crippen molar-refractivity contribution in [3.63, 3.8) is 0 Å². The SMILES string of the molecule is COCCN(Cc1cc(CN)ccc1F)C(C)C1CC1. The van der Waals surface area contributed by atoms with Gasteiger partial charge in [-0.05, 0) is 37.3 Å². The zero-order valence-corrected chi connectivity index (χ0v) is 12.4. The van der Waals surface area contributed by atoms with Gasteiger partial charge in [0, 0.05) is 38.3 Å². The largest absolute Gasteiger partial charge is 0.383 e. The maximum Gasteiger partial charge on any atom is 0.127 e. The molecular formula is C16H25FN2O. The number of ether oxygens (including phenoxy) is 1. The fourth-order valence-electron chi connectivity index (χ4n) is 2.61. The summed E-state index contributed by atoms with van der Waals surface area (Å²) in [6, 6.07) is 5.64. The van der Waals surface area contributed by atoms with E-state index in [1.54, 1.807) is 13.2 Å². The molecule has 1 aliphatic carbocycles. The van der Waals surface area contributed by atoms with Crippen LogP contribution in [-0.2, 0) is 17.8 Å². The second kappa shape index (κ2) is 7.16. The quantitative estimate of drug-likeness (QED) is 0.795. The standard InChI is InChI=1S/C16H25FN2O/c1-12(14-4-5-14)19(7-8-20-2)11-15-9-13(10-18)3-6-16(15)17/h3,6,9,12,14H,4-5,7-8,10-11,18H2,1-2H3. The van der Waals surface area contributed by atoms with Crippen LogP contribution in [0.2, 0.25) is 0 Å². The summed E-state index contributed by atoms with van der Waals surface area (Å²) in [7, 11) is 1.70. The fourth-order valence-corrected chi connectivity index (χ4v) is 2.61. The molecule has 1 saturated carbocycles. The molecule has 3 nitrogen and oxygen atoms in total. The Morgan fingerprint density at radius 1 is 1.45 bits per heavy atom. The lowest BCUT2D eigenvalue weighted by Gasteiger charge is -2.29. The van der Waals surface area contributed by atoms with Gasteiger partial charge in [-0.1, -0.05) is 12.1 Å². The third-order valence-electron chi connectivity index (χ3n) is 4.18. The summed E-state index contributed by atoms with van der Waals surface area (Å²) in [6.45, 7) is 4.82. The van der Waals surface area contributed by atoms with E-state index in [0.717, 1.165) is 23.6 Å². The molecule has 0 bridgehead atoms. The molecular weight excluding hydrogens is 255 g/mol. The second-order valence-corrected chi connectivity index (χ2v) is 5.67. The van der Waals surface area contributed by atoms with Crippen LogP contribution in [0, 0.1) is 11.7 Å². The van der Waals surface area contributed by atoms with Gasteiger partial charge in [-0.25, -0.2) is 4.39 Å². The molecule has 2 N–H and O–H groups in total. The van der Waals surface area contributed by atoms with Gasteiger partial charge in [-0.15, -0.1) is 0 Å². The molecule has 0 amide bonds. The summed E-state index contributed by atoms with van der Waals surface area (Å²) in [5.41, 5.74) is 7.35. The van der Waals surface area contributed by atoms with E-state index in [0.29, 0.717) is 25.7 Å². The number of methoxy groups -OCH3 is 1. The lowest BCUT2D eigenvalue weighted by molar-refractivity contribution is 0.111. The Kier molecular flexibility index (Phi) is 5.52. The fraction of sp³-hybridized carbons (Fsp3) is 0.625. The van der Waals surface area contributed by atoms with Crippen LogP contribution in [0.4, 0.5) is 4.39 Å².